The number of benzene rings is 7. The topological polar surface area (TPSA) is 198 Å². The second kappa shape index (κ2) is 33.9. The number of carbonyl (C=O) groups excluding carboxylic acids is 5. The highest BCUT2D eigenvalue weighted by atomic mass is 32.2. The van der Waals surface area contributed by atoms with Crippen molar-refractivity contribution in [1.29, 1.82) is 0 Å². The van der Waals surface area contributed by atoms with Gasteiger partial charge >= 0.3 is 29.8 Å². The lowest BCUT2D eigenvalue weighted by molar-refractivity contribution is -0.146. The van der Waals surface area contributed by atoms with Crippen molar-refractivity contribution < 1.29 is 76.4 Å². The van der Waals surface area contributed by atoms with Gasteiger partial charge in [0.1, 0.15) is 34.5 Å². The molecule has 0 aliphatic heterocycles. The molecule has 22 heteroatoms. The highest BCUT2D eigenvalue weighted by Crippen LogP contribution is 2.60. The maximum Gasteiger partial charge on any atom is 0.344 e. The van der Waals surface area contributed by atoms with Gasteiger partial charge in [0.15, 0.2) is 33.0 Å². The van der Waals surface area contributed by atoms with E-state index in [1.54, 1.807) is 107 Å². The lowest BCUT2D eigenvalue weighted by atomic mass is 10.3. The summed E-state index contributed by atoms with van der Waals surface area (Å²) < 4.78 is 54.6. The molecule has 84 heavy (non-hydrogen) atoms. The van der Waals surface area contributed by atoms with Gasteiger partial charge in [0, 0.05) is 58.7 Å². The Bertz CT molecular complexity index is 3110. The number of ether oxygens (including phenoxy) is 10. The van der Waals surface area contributed by atoms with Crippen molar-refractivity contribution in [3.05, 3.63) is 146 Å². The smallest absolute Gasteiger partial charge is 0.344 e. The van der Waals surface area contributed by atoms with Gasteiger partial charge in [0.25, 0.3) is 0 Å². The van der Waals surface area contributed by atoms with Crippen molar-refractivity contribution in [2.24, 2.45) is 0 Å². The van der Waals surface area contributed by atoms with Crippen LogP contribution >= 0.6 is 70.6 Å². The molecule has 16 nitrogen and oxygen atoms in total. The second-order valence-electron chi connectivity index (χ2n) is 16.9. The van der Waals surface area contributed by atoms with Gasteiger partial charge in [0.05, 0.1) is 33.0 Å². The van der Waals surface area contributed by atoms with Gasteiger partial charge in [-0.15, -0.1) is 0 Å². The van der Waals surface area contributed by atoms with Crippen molar-refractivity contribution >= 4 is 100 Å². The number of esters is 5. The summed E-state index contributed by atoms with van der Waals surface area (Å²) in [6.07, 6.45) is 0. The van der Waals surface area contributed by atoms with E-state index >= 15 is 0 Å². The van der Waals surface area contributed by atoms with Crippen molar-refractivity contribution in [2.45, 2.75) is 93.4 Å². The fraction of sp³-hybridized carbons (Fsp3) is 0.242. The Morgan fingerprint density at radius 2 is 0.429 bits per heavy atom. The zero-order valence-corrected chi connectivity index (χ0v) is 51.3. The van der Waals surface area contributed by atoms with Crippen molar-refractivity contribution in [3.8, 4) is 34.5 Å². The minimum Gasteiger partial charge on any atom is -0.508 e. The molecule has 0 amide bonds. The molecule has 0 aliphatic carbocycles. The normalized spacial score (nSPS) is 10.8. The van der Waals surface area contributed by atoms with Crippen LogP contribution in [0.3, 0.4) is 0 Å². The number of hydrogen-bond donors (Lipinski definition) is 1. The fourth-order valence-corrected chi connectivity index (χ4v) is 14.4. The number of rotatable bonds is 32. The molecule has 7 aromatic rings. The Labute approximate surface area is 513 Å². The minimum atomic E-state index is -0.491. The largest absolute Gasteiger partial charge is 0.508 e. The van der Waals surface area contributed by atoms with Crippen molar-refractivity contribution in [2.75, 3.05) is 66.1 Å². The van der Waals surface area contributed by atoms with Crippen LogP contribution in [-0.2, 0) is 47.7 Å². The third-order valence-electron chi connectivity index (χ3n) is 10.8. The van der Waals surface area contributed by atoms with Crippen molar-refractivity contribution in [3.63, 3.8) is 0 Å². The van der Waals surface area contributed by atoms with Crippen LogP contribution in [0, 0.1) is 0 Å². The first kappa shape index (κ1) is 64.4. The fourth-order valence-electron chi connectivity index (χ4n) is 7.14. The predicted octanol–water partition coefficient (Wildman–Crippen LogP) is 14.0. The highest BCUT2D eigenvalue weighted by Gasteiger charge is 2.29. The molecule has 1 N–H and O–H groups in total. The molecule has 7 aromatic carbocycles. The summed E-state index contributed by atoms with van der Waals surface area (Å²) in [4.78, 5) is 71.5. The van der Waals surface area contributed by atoms with E-state index in [1.807, 2.05) is 72.8 Å². The standard InChI is InChI=1S/C62H60O16S6/c1-6-69-52(64)35-74-41-13-25-47(26-14-41)80-58-57(79-46-23-11-40(63)12-24-46)59(81-48-27-15-42(16-28-48)75-36-53(65)70-7-2)61(83-50-31-19-44(20-32-50)77-38-55(67)72-9-4)62(84-51-33-21-45(22-34-51)78-39-56(68)73-10-5)60(58)82-49-29-17-43(18-30-49)76-37-54(66)71-8-3/h11-34,63H,6-10,35-39H2,1-5H3. The van der Waals surface area contributed by atoms with Gasteiger partial charge in [0.2, 0.25) is 0 Å². The Kier molecular flexibility index (Phi) is 26.0. The Morgan fingerprint density at radius 1 is 0.274 bits per heavy atom. The first-order valence-corrected chi connectivity index (χ1v) is 31.3. The van der Waals surface area contributed by atoms with Crippen LogP contribution in [0.15, 0.2) is 204 Å². The van der Waals surface area contributed by atoms with Gasteiger partial charge in [-0.3, -0.25) is 0 Å². The molecule has 0 radical (unpaired) electrons. The van der Waals surface area contributed by atoms with Gasteiger partial charge in [-0.2, -0.15) is 0 Å². The Hall–Kier alpha value is -7.21. The zero-order valence-electron chi connectivity index (χ0n) is 46.4. The third-order valence-corrected chi connectivity index (χ3v) is 18.3. The molecule has 0 saturated heterocycles. The molecule has 0 fully saturated rings. The zero-order chi connectivity index (χ0) is 59.6. The van der Waals surface area contributed by atoms with Gasteiger partial charge in [-0.05, 0) is 180 Å². The average molecular weight is 1250 g/mol. The van der Waals surface area contributed by atoms with Crippen LogP contribution in [-0.4, -0.2) is 101 Å². The molecule has 7 rings (SSSR count). The third kappa shape index (κ3) is 20.5. The van der Waals surface area contributed by atoms with E-state index in [0.29, 0.717) is 28.7 Å². The first-order valence-electron chi connectivity index (χ1n) is 26.4. The van der Waals surface area contributed by atoms with E-state index < -0.39 is 29.8 Å². The number of phenolic OH excluding ortho intramolecular Hbond substituents is 1. The monoisotopic (exact) mass is 1250 g/mol. The average Bonchev–Trinajstić information content (AvgIpc) is 2.81. The van der Waals surface area contributed by atoms with E-state index in [2.05, 4.69) is 0 Å². The molecule has 0 saturated carbocycles. The second-order valence-corrected chi connectivity index (χ2v) is 23.4. The highest BCUT2D eigenvalue weighted by molar-refractivity contribution is 8.07. The summed E-state index contributed by atoms with van der Waals surface area (Å²) in [6, 6.07) is 44.1. The van der Waals surface area contributed by atoms with Gasteiger partial charge < -0.3 is 52.5 Å². The summed E-state index contributed by atoms with van der Waals surface area (Å²) in [5, 5.41) is 10.6. The van der Waals surface area contributed by atoms with Crippen molar-refractivity contribution in [1.82, 2.24) is 0 Å². The predicted molar refractivity (Wildman–Crippen MR) is 322 cm³/mol. The van der Waals surface area contributed by atoms with E-state index in [9.17, 15) is 29.1 Å². The van der Waals surface area contributed by atoms with E-state index in [1.165, 1.54) is 70.6 Å². The summed E-state index contributed by atoms with van der Waals surface area (Å²) in [5.74, 6) is -0.0353. The Morgan fingerprint density at radius 3 is 0.583 bits per heavy atom. The summed E-state index contributed by atoms with van der Waals surface area (Å²) in [5.41, 5.74) is 0. The SMILES string of the molecule is CCOC(=O)COc1ccc(Sc2c(Sc3ccc(O)cc3)c(Sc3ccc(OCC(=O)OCC)cc3)c(Sc3ccc(OCC(=O)OCC)cc3)c(Sc3ccc(OCC(=O)OCC)cc3)c2Sc2ccc(OCC(=O)OCC)cc2)cc1. The molecule has 0 spiro atoms. The summed E-state index contributed by atoms with van der Waals surface area (Å²) in [7, 11) is 0. The van der Waals surface area contributed by atoms with Crippen LogP contribution in [0.5, 0.6) is 34.5 Å². The van der Waals surface area contributed by atoms with E-state index in [-0.39, 0.29) is 71.8 Å². The molecule has 0 atom stereocenters. The van der Waals surface area contributed by atoms with Crippen LogP contribution in [0.4, 0.5) is 0 Å². The van der Waals surface area contributed by atoms with Crippen LogP contribution in [0.2, 0.25) is 0 Å². The number of phenols is 1. The lowest BCUT2D eigenvalue weighted by Crippen LogP contribution is -2.14. The van der Waals surface area contributed by atoms with E-state index in [4.69, 9.17) is 47.4 Å². The molecule has 0 aromatic heterocycles. The molecular formula is C62H60O16S6. The molecule has 0 bridgehead atoms. The first-order chi connectivity index (χ1) is 40.8. The van der Waals surface area contributed by atoms with Crippen LogP contribution in [0.1, 0.15) is 34.6 Å². The Balaban J connectivity index is 1.48. The molecule has 0 heterocycles. The summed E-state index contributed by atoms with van der Waals surface area (Å²) in [6.45, 7) is 8.45. The lowest BCUT2D eigenvalue weighted by Gasteiger charge is -2.25. The van der Waals surface area contributed by atoms with Crippen LogP contribution in [0.25, 0.3) is 0 Å². The minimum absolute atomic E-state index is 0.0972. The van der Waals surface area contributed by atoms with E-state index in [0.717, 1.165) is 58.7 Å². The maximum atomic E-state index is 12.3. The molecule has 0 unspecified atom stereocenters. The number of carbonyl (C=O) groups is 5. The van der Waals surface area contributed by atoms with Crippen LogP contribution < -0.4 is 23.7 Å². The number of hydrogen-bond acceptors (Lipinski definition) is 22. The molecule has 440 valence electrons. The quantitative estimate of drug-likeness (QED) is 0.0308. The molecular weight excluding hydrogens is 1190 g/mol. The number of aromatic hydroxyl groups is 1. The van der Waals surface area contributed by atoms with Gasteiger partial charge in [-0.25, -0.2) is 24.0 Å². The maximum absolute atomic E-state index is 12.3. The summed E-state index contributed by atoms with van der Waals surface area (Å²) >= 11 is 9.11. The van der Waals surface area contributed by atoms with Gasteiger partial charge in [-0.1, -0.05) is 70.6 Å². The molecule has 0 aliphatic rings.